The van der Waals surface area contributed by atoms with E-state index in [0.717, 1.165) is 30.9 Å². The van der Waals surface area contributed by atoms with Gasteiger partial charge in [-0.15, -0.1) is 0 Å². The highest BCUT2D eigenvalue weighted by Crippen LogP contribution is 2.37. The second-order valence-electron chi connectivity index (χ2n) is 4.55. The molecule has 3 heteroatoms. The van der Waals surface area contributed by atoms with E-state index in [4.69, 9.17) is 10.2 Å². The van der Waals surface area contributed by atoms with Crippen LogP contribution in [-0.4, -0.2) is 11.0 Å². The number of aryl methyl sites for hydroxylation is 1. The fourth-order valence-electron chi connectivity index (χ4n) is 2.25. The van der Waals surface area contributed by atoms with Crippen LogP contribution >= 0.6 is 0 Å². The van der Waals surface area contributed by atoms with Crippen LogP contribution < -0.4 is 5.73 Å². The summed E-state index contributed by atoms with van der Waals surface area (Å²) >= 11 is 0. The number of hydrogen-bond acceptors (Lipinski definition) is 3. The van der Waals surface area contributed by atoms with Crippen LogP contribution in [0.1, 0.15) is 48.9 Å². The Bertz CT molecular complexity index is 341. The van der Waals surface area contributed by atoms with Gasteiger partial charge in [0.1, 0.15) is 5.76 Å². The Balaban J connectivity index is 1.87. The Morgan fingerprint density at radius 1 is 1.29 bits per heavy atom. The average molecular weight is 192 g/mol. The smallest absolute Gasteiger partial charge is 0.197 e. The summed E-state index contributed by atoms with van der Waals surface area (Å²) in [5.74, 6) is 2.65. The van der Waals surface area contributed by atoms with E-state index in [1.165, 1.54) is 25.0 Å². The lowest BCUT2D eigenvalue weighted by Crippen LogP contribution is -2.27. The van der Waals surface area contributed by atoms with Crippen molar-refractivity contribution < 1.29 is 4.42 Å². The maximum Gasteiger partial charge on any atom is 0.197 e. The molecule has 1 saturated carbocycles. The highest BCUT2D eigenvalue weighted by atomic mass is 16.4. The molecule has 0 spiro atoms. The summed E-state index contributed by atoms with van der Waals surface area (Å²) < 4.78 is 5.79. The van der Waals surface area contributed by atoms with E-state index in [9.17, 15) is 0 Å². The summed E-state index contributed by atoms with van der Waals surface area (Å²) in [7, 11) is 0. The molecule has 1 heterocycles. The van der Waals surface area contributed by atoms with Crippen molar-refractivity contribution in [3.63, 3.8) is 0 Å². The van der Waals surface area contributed by atoms with Gasteiger partial charge >= 0.3 is 0 Å². The molecule has 3 rings (SSSR count). The molecule has 0 bridgehead atoms. The van der Waals surface area contributed by atoms with Crippen LogP contribution in [0.25, 0.3) is 0 Å². The summed E-state index contributed by atoms with van der Waals surface area (Å²) in [6, 6.07) is 0.282. The highest BCUT2D eigenvalue weighted by molar-refractivity contribution is 5.17. The predicted molar refractivity (Wildman–Crippen MR) is 53.1 cm³/mol. The molecular formula is C11H16N2O. The van der Waals surface area contributed by atoms with Crippen molar-refractivity contribution in [1.82, 2.24) is 4.98 Å². The van der Waals surface area contributed by atoms with E-state index in [1.54, 1.807) is 0 Å². The van der Waals surface area contributed by atoms with E-state index >= 15 is 0 Å². The molecule has 3 nitrogen and oxygen atoms in total. The van der Waals surface area contributed by atoms with Crippen molar-refractivity contribution in [3.8, 4) is 0 Å². The van der Waals surface area contributed by atoms with Gasteiger partial charge in [0.15, 0.2) is 5.89 Å². The van der Waals surface area contributed by atoms with Crippen molar-refractivity contribution in [2.24, 2.45) is 5.73 Å². The summed E-state index contributed by atoms with van der Waals surface area (Å²) in [6.45, 7) is 0. The third-order valence-electron chi connectivity index (χ3n) is 3.45. The van der Waals surface area contributed by atoms with E-state index in [-0.39, 0.29) is 6.04 Å². The quantitative estimate of drug-likeness (QED) is 0.737. The lowest BCUT2D eigenvalue weighted by atomic mass is 9.85. The molecule has 1 fully saturated rings. The number of hydrogen-bond donors (Lipinski definition) is 1. The van der Waals surface area contributed by atoms with Crippen molar-refractivity contribution >= 4 is 0 Å². The van der Waals surface area contributed by atoms with Gasteiger partial charge in [-0.3, -0.25) is 0 Å². The molecule has 2 N–H and O–H groups in total. The van der Waals surface area contributed by atoms with Gasteiger partial charge in [0.05, 0.1) is 5.69 Å². The number of nitrogens with two attached hydrogens (primary N) is 1. The Morgan fingerprint density at radius 2 is 2.14 bits per heavy atom. The molecule has 76 valence electrons. The van der Waals surface area contributed by atoms with Gasteiger partial charge in [-0.2, -0.15) is 0 Å². The molecule has 1 atom stereocenters. The van der Waals surface area contributed by atoms with Crippen molar-refractivity contribution in [1.29, 1.82) is 0 Å². The Hall–Kier alpha value is -0.830. The largest absolute Gasteiger partial charge is 0.445 e. The molecule has 0 amide bonds. The van der Waals surface area contributed by atoms with Crippen LogP contribution in [0, 0.1) is 0 Å². The molecular weight excluding hydrogens is 176 g/mol. The number of nitrogens with zero attached hydrogens (tertiary/aromatic N) is 1. The first-order valence-electron chi connectivity index (χ1n) is 5.57. The second-order valence-corrected chi connectivity index (χ2v) is 4.55. The van der Waals surface area contributed by atoms with Crippen LogP contribution in [0.5, 0.6) is 0 Å². The van der Waals surface area contributed by atoms with Gasteiger partial charge in [-0.25, -0.2) is 4.98 Å². The van der Waals surface area contributed by atoms with Crippen LogP contribution in [0.4, 0.5) is 0 Å². The van der Waals surface area contributed by atoms with Gasteiger partial charge in [0, 0.05) is 18.4 Å². The third-order valence-corrected chi connectivity index (χ3v) is 3.45. The van der Waals surface area contributed by atoms with Gasteiger partial charge in [-0.05, 0) is 25.7 Å². The maximum absolute atomic E-state index is 5.89. The Kier molecular flexibility index (Phi) is 1.87. The van der Waals surface area contributed by atoms with Gasteiger partial charge in [0.2, 0.25) is 0 Å². The fraction of sp³-hybridized carbons (Fsp3) is 0.727. The molecule has 1 unspecified atom stereocenters. The normalized spacial score (nSPS) is 27.1. The molecule has 0 radical (unpaired) electrons. The number of aromatic nitrogens is 1. The maximum atomic E-state index is 5.89. The lowest BCUT2D eigenvalue weighted by Gasteiger charge is -2.21. The average Bonchev–Trinajstić information content (AvgIpc) is 2.43. The summed E-state index contributed by atoms with van der Waals surface area (Å²) in [4.78, 5) is 4.58. The Morgan fingerprint density at radius 3 is 2.86 bits per heavy atom. The molecule has 0 aliphatic heterocycles. The summed E-state index contributed by atoms with van der Waals surface area (Å²) in [5.41, 5.74) is 7.07. The minimum Gasteiger partial charge on any atom is -0.445 e. The fourth-order valence-corrected chi connectivity index (χ4v) is 2.25. The molecule has 2 aliphatic rings. The zero-order chi connectivity index (χ0) is 9.54. The van der Waals surface area contributed by atoms with Gasteiger partial charge < -0.3 is 10.2 Å². The van der Waals surface area contributed by atoms with Crippen molar-refractivity contribution in [2.45, 2.75) is 50.5 Å². The van der Waals surface area contributed by atoms with E-state index in [0.29, 0.717) is 5.92 Å². The van der Waals surface area contributed by atoms with E-state index < -0.39 is 0 Å². The van der Waals surface area contributed by atoms with Crippen LogP contribution in [-0.2, 0) is 12.8 Å². The zero-order valence-corrected chi connectivity index (χ0v) is 8.33. The van der Waals surface area contributed by atoms with Crippen molar-refractivity contribution in [3.05, 3.63) is 17.3 Å². The van der Waals surface area contributed by atoms with Crippen LogP contribution in [0.2, 0.25) is 0 Å². The predicted octanol–water partition coefficient (Wildman–Crippen LogP) is 1.76. The minimum atomic E-state index is 0.282. The summed E-state index contributed by atoms with van der Waals surface area (Å²) in [6.07, 6.45) is 6.79. The van der Waals surface area contributed by atoms with Crippen molar-refractivity contribution in [2.75, 3.05) is 0 Å². The van der Waals surface area contributed by atoms with E-state index in [1.807, 2.05) is 0 Å². The molecule has 1 aromatic heterocycles. The van der Waals surface area contributed by atoms with E-state index in [2.05, 4.69) is 4.98 Å². The SMILES string of the molecule is NC1CCc2nc(C3CCC3)oc2C1. The summed E-state index contributed by atoms with van der Waals surface area (Å²) in [5, 5.41) is 0. The first-order chi connectivity index (χ1) is 6.83. The standard InChI is InChI=1S/C11H16N2O/c12-8-4-5-9-10(6-8)14-11(13-9)7-2-1-3-7/h7-8H,1-6,12H2. The van der Waals surface area contributed by atoms with Crippen LogP contribution in [0.3, 0.4) is 0 Å². The second kappa shape index (κ2) is 3.09. The Labute approximate surface area is 83.7 Å². The molecule has 14 heavy (non-hydrogen) atoms. The number of fused-ring (bicyclic) bond motifs is 1. The third kappa shape index (κ3) is 1.27. The first kappa shape index (κ1) is 8.48. The molecule has 0 saturated heterocycles. The highest BCUT2D eigenvalue weighted by Gasteiger charge is 2.28. The number of oxazole rings is 1. The number of rotatable bonds is 1. The van der Waals surface area contributed by atoms with Gasteiger partial charge in [-0.1, -0.05) is 6.42 Å². The van der Waals surface area contributed by atoms with Gasteiger partial charge in [0.25, 0.3) is 0 Å². The monoisotopic (exact) mass is 192 g/mol. The topological polar surface area (TPSA) is 52.0 Å². The molecule has 0 aromatic carbocycles. The molecule has 2 aliphatic carbocycles. The lowest BCUT2D eigenvalue weighted by molar-refractivity contribution is 0.321. The minimum absolute atomic E-state index is 0.282. The zero-order valence-electron chi connectivity index (χ0n) is 8.33. The molecule has 1 aromatic rings. The van der Waals surface area contributed by atoms with Crippen LogP contribution in [0.15, 0.2) is 4.42 Å². The first-order valence-corrected chi connectivity index (χ1v) is 5.57.